The number of benzene rings is 2. The van der Waals surface area contributed by atoms with E-state index in [9.17, 15) is 4.79 Å². The summed E-state index contributed by atoms with van der Waals surface area (Å²) < 4.78 is 5.78. The van der Waals surface area contributed by atoms with Crippen LogP contribution in [-0.4, -0.2) is 19.0 Å². The van der Waals surface area contributed by atoms with Crippen molar-refractivity contribution in [3.8, 4) is 5.75 Å². The van der Waals surface area contributed by atoms with Crippen LogP contribution in [0.1, 0.15) is 23.5 Å². The molecule has 0 radical (unpaired) electrons. The Morgan fingerprint density at radius 1 is 1.12 bits per heavy atom. The van der Waals surface area contributed by atoms with E-state index in [1.54, 1.807) is 0 Å². The van der Waals surface area contributed by atoms with Crippen molar-refractivity contribution in [3.63, 3.8) is 0 Å². The molecule has 1 fully saturated rings. The zero-order chi connectivity index (χ0) is 16.1. The number of nitrogens with two attached hydrogens (primary N) is 1. The number of carbonyl (C=O) groups is 1. The van der Waals surface area contributed by atoms with Gasteiger partial charge in [0, 0.05) is 19.0 Å². The number of halogens is 1. The van der Waals surface area contributed by atoms with Crippen LogP contribution < -0.4 is 15.8 Å². The van der Waals surface area contributed by atoms with E-state index in [2.05, 4.69) is 17.4 Å². The fraction of sp³-hybridized carbons (Fsp3) is 0.316. The first-order valence-corrected chi connectivity index (χ1v) is 8.02. The maximum atomic E-state index is 11.9. The van der Waals surface area contributed by atoms with Gasteiger partial charge in [-0.05, 0) is 35.6 Å². The SMILES string of the molecule is Cl.NCCNC(=O)C1CC1c1ccc(OCc2ccccc2)cc1. The molecule has 128 valence electrons. The van der Waals surface area contributed by atoms with Crippen LogP contribution in [0.25, 0.3) is 0 Å². The fourth-order valence-electron chi connectivity index (χ4n) is 2.73. The van der Waals surface area contributed by atoms with Gasteiger partial charge in [-0.25, -0.2) is 0 Å². The normalized spacial score (nSPS) is 18.4. The molecule has 2 aromatic carbocycles. The fourth-order valence-corrected chi connectivity index (χ4v) is 2.73. The van der Waals surface area contributed by atoms with Gasteiger partial charge in [-0.1, -0.05) is 42.5 Å². The summed E-state index contributed by atoms with van der Waals surface area (Å²) in [6, 6.07) is 18.2. The Bertz CT molecular complexity index is 646. The highest BCUT2D eigenvalue weighted by Crippen LogP contribution is 2.47. The van der Waals surface area contributed by atoms with Crippen molar-refractivity contribution < 1.29 is 9.53 Å². The highest BCUT2D eigenvalue weighted by Gasteiger charge is 2.43. The van der Waals surface area contributed by atoms with E-state index in [0.717, 1.165) is 17.7 Å². The summed E-state index contributed by atoms with van der Waals surface area (Å²) >= 11 is 0. The van der Waals surface area contributed by atoms with E-state index in [1.165, 1.54) is 5.56 Å². The van der Waals surface area contributed by atoms with Gasteiger partial charge < -0.3 is 15.8 Å². The van der Waals surface area contributed by atoms with Gasteiger partial charge in [0.25, 0.3) is 0 Å². The van der Waals surface area contributed by atoms with Crippen LogP contribution in [0.4, 0.5) is 0 Å². The zero-order valence-corrected chi connectivity index (χ0v) is 14.3. The number of amides is 1. The predicted octanol–water partition coefficient (Wildman–Crippen LogP) is 2.87. The van der Waals surface area contributed by atoms with Crippen LogP contribution in [0.5, 0.6) is 5.75 Å². The molecule has 0 saturated heterocycles. The Labute approximate surface area is 148 Å². The molecule has 2 atom stereocenters. The lowest BCUT2D eigenvalue weighted by Crippen LogP contribution is -2.30. The van der Waals surface area contributed by atoms with Gasteiger partial charge in [-0.3, -0.25) is 4.79 Å². The first-order valence-electron chi connectivity index (χ1n) is 8.02. The lowest BCUT2D eigenvalue weighted by Gasteiger charge is -2.07. The molecule has 0 bridgehead atoms. The van der Waals surface area contributed by atoms with Crippen molar-refractivity contribution in [3.05, 3.63) is 65.7 Å². The van der Waals surface area contributed by atoms with Crippen molar-refractivity contribution in [1.82, 2.24) is 5.32 Å². The maximum absolute atomic E-state index is 11.9. The first kappa shape index (κ1) is 18.3. The molecule has 4 nitrogen and oxygen atoms in total. The van der Waals surface area contributed by atoms with Crippen molar-refractivity contribution in [2.45, 2.75) is 18.9 Å². The van der Waals surface area contributed by atoms with Gasteiger partial charge >= 0.3 is 0 Å². The van der Waals surface area contributed by atoms with Crippen molar-refractivity contribution in [2.75, 3.05) is 13.1 Å². The Morgan fingerprint density at radius 2 is 1.83 bits per heavy atom. The standard InChI is InChI=1S/C19H22N2O2.ClH/c20-10-11-21-19(22)18-12-17(18)15-6-8-16(9-7-15)23-13-14-4-2-1-3-5-14;/h1-9,17-18H,10-13,20H2,(H,21,22);1H. The third kappa shape index (κ3) is 4.73. The summed E-state index contributed by atoms with van der Waals surface area (Å²) in [7, 11) is 0. The highest BCUT2D eigenvalue weighted by molar-refractivity contribution is 5.85. The first-order chi connectivity index (χ1) is 11.3. The minimum absolute atomic E-state index is 0. The van der Waals surface area contributed by atoms with Crippen LogP contribution in [0, 0.1) is 5.92 Å². The number of carbonyl (C=O) groups excluding carboxylic acids is 1. The molecule has 0 spiro atoms. The molecule has 1 amide bonds. The second kappa shape index (κ2) is 8.71. The van der Waals surface area contributed by atoms with Gasteiger partial charge in [0.05, 0.1) is 0 Å². The Balaban J connectivity index is 0.00000208. The molecule has 5 heteroatoms. The maximum Gasteiger partial charge on any atom is 0.223 e. The summed E-state index contributed by atoms with van der Waals surface area (Å²) in [5.41, 5.74) is 7.75. The molecule has 24 heavy (non-hydrogen) atoms. The van der Waals surface area contributed by atoms with Gasteiger partial charge in [0.1, 0.15) is 12.4 Å². The molecular weight excluding hydrogens is 324 g/mol. The van der Waals surface area contributed by atoms with Crippen molar-refractivity contribution in [2.24, 2.45) is 11.7 Å². The summed E-state index contributed by atoms with van der Waals surface area (Å²) in [4.78, 5) is 11.9. The average molecular weight is 347 g/mol. The van der Waals surface area contributed by atoms with Gasteiger partial charge in [-0.15, -0.1) is 12.4 Å². The Hall–Kier alpha value is -2.04. The largest absolute Gasteiger partial charge is 0.489 e. The average Bonchev–Trinajstić information content (AvgIpc) is 3.40. The third-order valence-electron chi connectivity index (χ3n) is 4.13. The lowest BCUT2D eigenvalue weighted by atomic mass is 10.1. The molecule has 0 heterocycles. The summed E-state index contributed by atoms with van der Waals surface area (Å²) in [6.07, 6.45) is 0.917. The summed E-state index contributed by atoms with van der Waals surface area (Å²) in [5.74, 6) is 1.39. The van der Waals surface area contributed by atoms with E-state index in [-0.39, 0.29) is 24.2 Å². The monoisotopic (exact) mass is 346 g/mol. The summed E-state index contributed by atoms with van der Waals surface area (Å²) in [5, 5.41) is 2.86. The minimum atomic E-state index is 0. The number of ether oxygens (including phenoxy) is 1. The molecule has 1 aliphatic carbocycles. The predicted molar refractivity (Wildman–Crippen MR) is 97.4 cm³/mol. The van der Waals surface area contributed by atoms with Crippen LogP contribution >= 0.6 is 12.4 Å². The van der Waals surface area contributed by atoms with Crippen molar-refractivity contribution >= 4 is 18.3 Å². The topological polar surface area (TPSA) is 64.3 Å². The Kier molecular flexibility index (Phi) is 6.64. The molecule has 3 N–H and O–H groups in total. The second-order valence-corrected chi connectivity index (χ2v) is 5.87. The van der Waals surface area contributed by atoms with E-state index >= 15 is 0 Å². The molecule has 0 aliphatic heterocycles. The second-order valence-electron chi connectivity index (χ2n) is 5.87. The van der Waals surface area contributed by atoms with E-state index in [1.807, 2.05) is 42.5 Å². The quantitative estimate of drug-likeness (QED) is 0.810. The number of nitrogens with one attached hydrogen (secondary N) is 1. The zero-order valence-electron chi connectivity index (χ0n) is 13.5. The lowest BCUT2D eigenvalue weighted by molar-refractivity contribution is -0.122. The van der Waals surface area contributed by atoms with Gasteiger partial charge in [0.15, 0.2) is 0 Å². The van der Waals surface area contributed by atoms with Gasteiger partial charge in [-0.2, -0.15) is 0 Å². The molecule has 2 aromatic rings. The Morgan fingerprint density at radius 3 is 2.50 bits per heavy atom. The van der Waals surface area contributed by atoms with E-state index < -0.39 is 0 Å². The summed E-state index contributed by atoms with van der Waals surface area (Å²) in [6.45, 7) is 1.60. The molecular formula is C19H23ClN2O2. The minimum Gasteiger partial charge on any atom is -0.489 e. The molecule has 1 saturated carbocycles. The number of hydrogen-bond donors (Lipinski definition) is 2. The highest BCUT2D eigenvalue weighted by atomic mass is 35.5. The van der Waals surface area contributed by atoms with Gasteiger partial charge in [0.2, 0.25) is 5.91 Å². The molecule has 1 aliphatic rings. The third-order valence-corrected chi connectivity index (χ3v) is 4.13. The molecule has 2 unspecified atom stereocenters. The molecule has 0 aromatic heterocycles. The van der Waals surface area contributed by atoms with Crippen LogP contribution in [0.15, 0.2) is 54.6 Å². The van der Waals surface area contributed by atoms with Crippen LogP contribution in [0.3, 0.4) is 0 Å². The number of rotatable bonds is 7. The van der Waals surface area contributed by atoms with Crippen LogP contribution in [-0.2, 0) is 11.4 Å². The van der Waals surface area contributed by atoms with E-state index in [4.69, 9.17) is 10.5 Å². The molecule has 3 rings (SSSR count). The van der Waals surface area contributed by atoms with Crippen molar-refractivity contribution in [1.29, 1.82) is 0 Å². The van der Waals surface area contributed by atoms with Crippen LogP contribution in [0.2, 0.25) is 0 Å². The smallest absolute Gasteiger partial charge is 0.223 e. The van der Waals surface area contributed by atoms with E-state index in [0.29, 0.717) is 25.6 Å². The number of hydrogen-bond acceptors (Lipinski definition) is 3.